The van der Waals surface area contributed by atoms with E-state index in [1.807, 2.05) is 18.2 Å². The van der Waals surface area contributed by atoms with E-state index in [9.17, 15) is 9.59 Å². The molecule has 1 aromatic carbocycles. The largest absolute Gasteiger partial charge is 0.463 e. The highest BCUT2D eigenvalue weighted by Crippen LogP contribution is 2.14. The lowest BCUT2D eigenvalue weighted by Crippen LogP contribution is -2.51. The molecule has 0 aliphatic carbocycles. The number of esters is 1. The molecule has 6 nitrogen and oxygen atoms in total. The Labute approximate surface area is 149 Å². The van der Waals surface area contributed by atoms with Gasteiger partial charge >= 0.3 is 12.0 Å². The highest BCUT2D eigenvalue weighted by molar-refractivity contribution is 5.94. The Balaban J connectivity index is 1.95. The number of nitrogens with one attached hydrogen (secondary N) is 3. The predicted molar refractivity (Wildman–Crippen MR) is 97.0 cm³/mol. The molecule has 1 aliphatic heterocycles. The number of benzene rings is 1. The molecule has 6 heteroatoms. The van der Waals surface area contributed by atoms with Crippen LogP contribution >= 0.6 is 0 Å². The van der Waals surface area contributed by atoms with Gasteiger partial charge in [-0.2, -0.15) is 0 Å². The third-order valence-electron chi connectivity index (χ3n) is 4.20. The fourth-order valence-electron chi connectivity index (χ4n) is 2.83. The zero-order valence-electron chi connectivity index (χ0n) is 15.1. The molecule has 136 valence electrons. The first-order valence-electron chi connectivity index (χ1n) is 8.76. The number of amides is 2. The Bertz CT molecular complexity index is 628. The van der Waals surface area contributed by atoms with Crippen LogP contribution in [0, 0.1) is 0 Å². The molecule has 2 unspecified atom stereocenters. The van der Waals surface area contributed by atoms with E-state index in [1.165, 1.54) is 5.56 Å². The first kappa shape index (κ1) is 19.0. The minimum Gasteiger partial charge on any atom is -0.463 e. The van der Waals surface area contributed by atoms with Crippen molar-refractivity contribution in [3.63, 3.8) is 0 Å². The van der Waals surface area contributed by atoms with E-state index < -0.39 is 5.97 Å². The lowest BCUT2D eigenvalue weighted by molar-refractivity contribution is -0.139. The van der Waals surface area contributed by atoms with Crippen molar-refractivity contribution in [3.05, 3.63) is 47.2 Å². The molecule has 0 saturated heterocycles. The number of hydrogen-bond acceptors (Lipinski definition) is 4. The molecule has 0 fully saturated rings. The van der Waals surface area contributed by atoms with E-state index in [2.05, 4.69) is 35.0 Å². The quantitative estimate of drug-likeness (QED) is 0.631. The van der Waals surface area contributed by atoms with Crippen LogP contribution in [0.1, 0.15) is 32.8 Å². The fourth-order valence-corrected chi connectivity index (χ4v) is 2.83. The normalized spacial score (nSPS) is 18.4. The van der Waals surface area contributed by atoms with Gasteiger partial charge in [-0.15, -0.1) is 0 Å². The van der Waals surface area contributed by atoms with Crippen LogP contribution in [0.5, 0.6) is 0 Å². The average molecular weight is 345 g/mol. The molecule has 0 bridgehead atoms. The van der Waals surface area contributed by atoms with Crippen LogP contribution in [0.2, 0.25) is 0 Å². The second kappa shape index (κ2) is 9.22. The summed E-state index contributed by atoms with van der Waals surface area (Å²) in [5, 5.41) is 8.81. The minimum atomic E-state index is -0.392. The summed E-state index contributed by atoms with van der Waals surface area (Å²) in [7, 11) is 0. The highest BCUT2D eigenvalue weighted by Gasteiger charge is 2.29. The maximum absolute atomic E-state index is 12.2. The molecule has 2 atom stereocenters. The number of urea groups is 1. The molecule has 1 aliphatic rings. The Morgan fingerprint density at radius 2 is 2.04 bits per heavy atom. The summed E-state index contributed by atoms with van der Waals surface area (Å²) in [6.45, 7) is 6.37. The van der Waals surface area contributed by atoms with Crippen molar-refractivity contribution in [3.8, 4) is 0 Å². The molecule has 3 N–H and O–H groups in total. The van der Waals surface area contributed by atoms with Gasteiger partial charge in [-0.05, 0) is 39.2 Å². The van der Waals surface area contributed by atoms with Crippen LogP contribution in [-0.2, 0) is 16.0 Å². The maximum atomic E-state index is 12.2. The van der Waals surface area contributed by atoms with Crippen LogP contribution in [0.15, 0.2) is 41.6 Å². The van der Waals surface area contributed by atoms with E-state index in [4.69, 9.17) is 4.74 Å². The van der Waals surface area contributed by atoms with Crippen molar-refractivity contribution >= 4 is 12.0 Å². The Hall–Kier alpha value is -2.34. The highest BCUT2D eigenvalue weighted by atomic mass is 16.5. The van der Waals surface area contributed by atoms with Crippen molar-refractivity contribution in [2.24, 2.45) is 0 Å². The van der Waals surface area contributed by atoms with Crippen molar-refractivity contribution in [1.29, 1.82) is 0 Å². The van der Waals surface area contributed by atoms with E-state index in [-0.39, 0.29) is 18.1 Å². The van der Waals surface area contributed by atoms with Crippen molar-refractivity contribution in [1.82, 2.24) is 16.0 Å². The summed E-state index contributed by atoms with van der Waals surface area (Å²) in [5.74, 6) is -0.392. The monoisotopic (exact) mass is 345 g/mol. The third kappa shape index (κ3) is 5.60. The van der Waals surface area contributed by atoms with Crippen molar-refractivity contribution in [2.45, 2.75) is 45.7 Å². The van der Waals surface area contributed by atoms with Gasteiger partial charge in [-0.25, -0.2) is 9.59 Å². The summed E-state index contributed by atoms with van der Waals surface area (Å²) < 4.78 is 5.11. The molecule has 2 rings (SSSR count). The SMILES string of the molecule is CCOC(=O)C1=C(CNC(C)CCc2ccccc2)NC(=O)NC1C. The number of rotatable bonds is 8. The van der Waals surface area contributed by atoms with Crippen LogP contribution in [0.4, 0.5) is 4.79 Å². The molecule has 0 saturated carbocycles. The molecule has 0 aromatic heterocycles. The van der Waals surface area contributed by atoms with Crippen molar-refractivity contribution in [2.75, 3.05) is 13.2 Å². The molecule has 1 heterocycles. The van der Waals surface area contributed by atoms with Gasteiger partial charge in [-0.3, -0.25) is 0 Å². The first-order chi connectivity index (χ1) is 12.0. The summed E-state index contributed by atoms with van der Waals surface area (Å²) >= 11 is 0. The Kier molecular flexibility index (Phi) is 7.01. The molecule has 2 amide bonds. The van der Waals surface area contributed by atoms with Gasteiger partial charge in [0.25, 0.3) is 0 Å². The topological polar surface area (TPSA) is 79.5 Å². The summed E-state index contributed by atoms with van der Waals surface area (Å²) in [6.07, 6.45) is 1.94. The van der Waals surface area contributed by atoms with Gasteiger partial charge in [0.2, 0.25) is 0 Å². The number of aryl methyl sites for hydroxylation is 1. The summed E-state index contributed by atoms with van der Waals surface area (Å²) in [4.78, 5) is 23.9. The van der Waals surface area contributed by atoms with Crippen LogP contribution in [-0.4, -0.2) is 37.2 Å². The van der Waals surface area contributed by atoms with E-state index in [0.717, 1.165) is 12.8 Å². The van der Waals surface area contributed by atoms with Gasteiger partial charge in [0, 0.05) is 18.3 Å². The second-order valence-corrected chi connectivity index (χ2v) is 6.24. The number of carbonyl (C=O) groups excluding carboxylic acids is 2. The number of hydrogen-bond donors (Lipinski definition) is 3. The molecule has 0 radical (unpaired) electrons. The van der Waals surface area contributed by atoms with Crippen LogP contribution < -0.4 is 16.0 Å². The Morgan fingerprint density at radius 3 is 2.72 bits per heavy atom. The summed E-state index contributed by atoms with van der Waals surface area (Å²) in [6, 6.07) is 9.89. The molecule has 1 aromatic rings. The fraction of sp³-hybridized carbons (Fsp3) is 0.474. The molecular weight excluding hydrogens is 318 g/mol. The Morgan fingerprint density at radius 1 is 1.32 bits per heavy atom. The van der Waals surface area contributed by atoms with E-state index in [0.29, 0.717) is 24.4 Å². The zero-order valence-corrected chi connectivity index (χ0v) is 15.1. The second-order valence-electron chi connectivity index (χ2n) is 6.24. The van der Waals surface area contributed by atoms with Gasteiger partial charge in [0.15, 0.2) is 0 Å². The van der Waals surface area contributed by atoms with E-state index in [1.54, 1.807) is 13.8 Å². The first-order valence-corrected chi connectivity index (χ1v) is 8.76. The number of ether oxygens (including phenoxy) is 1. The van der Waals surface area contributed by atoms with Gasteiger partial charge < -0.3 is 20.7 Å². The molecule has 0 spiro atoms. The number of carbonyl (C=O) groups is 2. The lowest BCUT2D eigenvalue weighted by Gasteiger charge is -2.27. The van der Waals surface area contributed by atoms with Gasteiger partial charge in [0.1, 0.15) is 0 Å². The summed E-state index contributed by atoms with van der Waals surface area (Å²) in [5.41, 5.74) is 2.36. The van der Waals surface area contributed by atoms with Gasteiger partial charge in [0.05, 0.1) is 18.2 Å². The van der Waals surface area contributed by atoms with Crippen LogP contribution in [0.3, 0.4) is 0 Å². The maximum Gasteiger partial charge on any atom is 0.337 e. The average Bonchev–Trinajstić information content (AvgIpc) is 2.58. The third-order valence-corrected chi connectivity index (χ3v) is 4.20. The smallest absolute Gasteiger partial charge is 0.337 e. The van der Waals surface area contributed by atoms with Crippen molar-refractivity contribution < 1.29 is 14.3 Å². The lowest BCUT2D eigenvalue weighted by atomic mass is 10.0. The predicted octanol–water partition coefficient (Wildman–Crippen LogP) is 2.12. The van der Waals surface area contributed by atoms with E-state index >= 15 is 0 Å². The molecular formula is C19H27N3O3. The zero-order chi connectivity index (χ0) is 18.2. The van der Waals surface area contributed by atoms with Gasteiger partial charge in [-0.1, -0.05) is 30.3 Å². The molecule has 25 heavy (non-hydrogen) atoms. The standard InChI is InChI=1S/C19H27N3O3/c1-4-25-18(23)17-14(3)21-19(24)22-16(17)12-20-13(2)10-11-15-8-6-5-7-9-15/h5-9,13-14,20H,4,10-12H2,1-3H3,(H2,21,22,24). The minimum absolute atomic E-state index is 0.248. The van der Waals surface area contributed by atoms with Crippen LogP contribution in [0.25, 0.3) is 0 Å².